The molecule has 128 valence electrons. The fraction of sp³-hybridized carbons (Fsp3) is 0.294. The Kier molecular flexibility index (Phi) is 7.21. The zero-order valence-electron chi connectivity index (χ0n) is 13.3. The van der Waals surface area contributed by atoms with E-state index in [0.717, 1.165) is 17.3 Å². The van der Waals surface area contributed by atoms with E-state index in [2.05, 4.69) is 10.6 Å². The van der Waals surface area contributed by atoms with Crippen molar-refractivity contribution in [1.29, 1.82) is 0 Å². The van der Waals surface area contributed by atoms with Gasteiger partial charge in [-0.3, -0.25) is 9.59 Å². The summed E-state index contributed by atoms with van der Waals surface area (Å²) in [6.45, 7) is 2.19. The quantitative estimate of drug-likeness (QED) is 0.704. The molecule has 0 saturated heterocycles. The van der Waals surface area contributed by atoms with Gasteiger partial charge in [0.2, 0.25) is 5.91 Å². The molecule has 0 spiro atoms. The Hall–Kier alpha value is -1.92. The van der Waals surface area contributed by atoms with Crippen LogP contribution in [0.15, 0.2) is 47.1 Å². The van der Waals surface area contributed by atoms with Gasteiger partial charge in [0.1, 0.15) is 11.8 Å². The van der Waals surface area contributed by atoms with Gasteiger partial charge in [0.25, 0.3) is 5.91 Å². The summed E-state index contributed by atoms with van der Waals surface area (Å²) in [7, 11) is 0. The number of hydrogen-bond donors (Lipinski definition) is 2. The van der Waals surface area contributed by atoms with Crippen molar-refractivity contribution in [3.05, 3.63) is 59.0 Å². The number of furan rings is 1. The highest BCUT2D eigenvalue weighted by molar-refractivity contribution is 7.98. The number of carbonyl (C=O) groups excluding carboxylic acids is 2. The molecule has 0 fully saturated rings. The molecule has 0 aliphatic rings. The highest BCUT2D eigenvalue weighted by Crippen LogP contribution is 2.11. The fourth-order valence-electron chi connectivity index (χ4n) is 1.91. The summed E-state index contributed by atoms with van der Waals surface area (Å²) in [6.07, 6.45) is 1.64. The van der Waals surface area contributed by atoms with Gasteiger partial charge in [-0.2, -0.15) is 11.8 Å². The molecule has 5 nitrogen and oxygen atoms in total. The summed E-state index contributed by atoms with van der Waals surface area (Å²) in [5, 5.41) is 6.02. The number of benzene rings is 1. The largest absolute Gasteiger partial charge is 0.468 e. The van der Waals surface area contributed by atoms with E-state index in [1.54, 1.807) is 49.2 Å². The molecule has 1 aromatic carbocycles. The molecular weight excluding hydrogens is 348 g/mol. The minimum Gasteiger partial charge on any atom is -0.468 e. The Morgan fingerprint density at radius 1 is 1.25 bits per heavy atom. The maximum Gasteiger partial charge on any atom is 0.251 e. The Morgan fingerprint density at radius 3 is 2.67 bits per heavy atom. The molecule has 1 aromatic heterocycles. The van der Waals surface area contributed by atoms with Crippen LogP contribution in [0.25, 0.3) is 0 Å². The SMILES string of the molecule is CC(NC(=O)c1ccc(Cl)cc1)C(=O)NCCSCc1ccco1. The van der Waals surface area contributed by atoms with E-state index >= 15 is 0 Å². The summed E-state index contributed by atoms with van der Waals surface area (Å²) in [4.78, 5) is 24.0. The van der Waals surface area contributed by atoms with E-state index in [1.165, 1.54) is 0 Å². The van der Waals surface area contributed by atoms with E-state index in [-0.39, 0.29) is 11.8 Å². The van der Waals surface area contributed by atoms with E-state index in [0.29, 0.717) is 17.1 Å². The van der Waals surface area contributed by atoms with Crippen molar-refractivity contribution in [2.75, 3.05) is 12.3 Å². The lowest BCUT2D eigenvalue weighted by atomic mass is 10.2. The van der Waals surface area contributed by atoms with Gasteiger partial charge >= 0.3 is 0 Å². The number of rotatable bonds is 8. The average Bonchev–Trinajstić information content (AvgIpc) is 3.08. The molecular formula is C17H19ClN2O3S. The van der Waals surface area contributed by atoms with Crippen LogP contribution >= 0.6 is 23.4 Å². The van der Waals surface area contributed by atoms with Gasteiger partial charge in [0.05, 0.1) is 12.0 Å². The second-order valence-corrected chi connectivity index (χ2v) is 6.67. The van der Waals surface area contributed by atoms with Gasteiger partial charge in [-0.25, -0.2) is 0 Å². The topological polar surface area (TPSA) is 71.3 Å². The van der Waals surface area contributed by atoms with Gasteiger partial charge < -0.3 is 15.1 Å². The van der Waals surface area contributed by atoms with Crippen LogP contribution in [-0.4, -0.2) is 30.2 Å². The van der Waals surface area contributed by atoms with Crippen molar-refractivity contribution in [2.45, 2.75) is 18.7 Å². The first-order chi connectivity index (χ1) is 11.6. The smallest absolute Gasteiger partial charge is 0.251 e. The van der Waals surface area contributed by atoms with Gasteiger partial charge in [-0.15, -0.1) is 0 Å². The van der Waals surface area contributed by atoms with Crippen LogP contribution in [0.2, 0.25) is 5.02 Å². The van der Waals surface area contributed by atoms with Crippen molar-refractivity contribution in [3.63, 3.8) is 0 Å². The Balaban J connectivity index is 1.66. The Morgan fingerprint density at radius 2 is 2.00 bits per heavy atom. The predicted molar refractivity (Wildman–Crippen MR) is 96.3 cm³/mol. The van der Waals surface area contributed by atoms with Gasteiger partial charge in [0.15, 0.2) is 0 Å². The number of nitrogens with one attached hydrogen (secondary N) is 2. The summed E-state index contributed by atoms with van der Waals surface area (Å²) in [5.74, 6) is 1.93. The standard InChI is InChI=1S/C17H19ClN2O3S/c1-12(20-17(22)13-4-6-14(18)7-5-13)16(21)19-8-10-24-11-15-3-2-9-23-15/h2-7,9,12H,8,10-11H2,1H3,(H,19,21)(H,20,22). The molecule has 2 amide bonds. The van der Waals surface area contributed by atoms with Gasteiger partial charge in [-0.05, 0) is 43.3 Å². The first kappa shape index (κ1) is 18.4. The van der Waals surface area contributed by atoms with E-state index in [1.807, 2.05) is 12.1 Å². The Labute approximate surface area is 150 Å². The molecule has 2 aromatic rings. The molecule has 2 N–H and O–H groups in total. The molecule has 0 radical (unpaired) electrons. The number of carbonyl (C=O) groups is 2. The van der Waals surface area contributed by atoms with Gasteiger partial charge in [0, 0.05) is 22.9 Å². The van der Waals surface area contributed by atoms with Crippen molar-refractivity contribution < 1.29 is 14.0 Å². The minimum atomic E-state index is -0.608. The van der Waals surface area contributed by atoms with Crippen LogP contribution in [0.3, 0.4) is 0 Å². The summed E-state index contributed by atoms with van der Waals surface area (Å²) in [5.41, 5.74) is 0.466. The van der Waals surface area contributed by atoms with Crippen LogP contribution in [0.5, 0.6) is 0 Å². The van der Waals surface area contributed by atoms with Crippen LogP contribution < -0.4 is 10.6 Å². The number of halogens is 1. The monoisotopic (exact) mass is 366 g/mol. The zero-order chi connectivity index (χ0) is 17.4. The lowest BCUT2D eigenvalue weighted by Gasteiger charge is -2.14. The number of hydrogen-bond acceptors (Lipinski definition) is 4. The van der Waals surface area contributed by atoms with Crippen molar-refractivity contribution in [3.8, 4) is 0 Å². The van der Waals surface area contributed by atoms with Crippen LogP contribution in [-0.2, 0) is 10.5 Å². The first-order valence-corrected chi connectivity index (χ1v) is 9.04. The summed E-state index contributed by atoms with van der Waals surface area (Å²) >= 11 is 7.45. The zero-order valence-corrected chi connectivity index (χ0v) is 14.8. The minimum absolute atomic E-state index is 0.212. The molecule has 1 unspecified atom stereocenters. The normalized spacial score (nSPS) is 11.8. The second kappa shape index (κ2) is 9.39. The number of amides is 2. The highest BCUT2D eigenvalue weighted by atomic mass is 35.5. The van der Waals surface area contributed by atoms with Crippen molar-refractivity contribution >= 4 is 35.2 Å². The lowest BCUT2D eigenvalue weighted by molar-refractivity contribution is -0.122. The molecule has 0 aliphatic heterocycles. The molecule has 0 saturated carbocycles. The highest BCUT2D eigenvalue weighted by Gasteiger charge is 2.16. The maximum atomic E-state index is 12.0. The Bertz CT molecular complexity index is 659. The second-order valence-electron chi connectivity index (χ2n) is 5.13. The summed E-state index contributed by atoms with van der Waals surface area (Å²) in [6, 6.07) is 9.67. The maximum absolute atomic E-state index is 12.0. The average molecular weight is 367 g/mol. The van der Waals surface area contributed by atoms with Crippen LogP contribution in [0.4, 0.5) is 0 Å². The molecule has 7 heteroatoms. The molecule has 1 atom stereocenters. The van der Waals surface area contributed by atoms with Crippen molar-refractivity contribution in [1.82, 2.24) is 10.6 Å². The lowest BCUT2D eigenvalue weighted by Crippen LogP contribution is -2.45. The van der Waals surface area contributed by atoms with E-state index < -0.39 is 6.04 Å². The number of thioether (sulfide) groups is 1. The van der Waals surface area contributed by atoms with E-state index in [9.17, 15) is 9.59 Å². The molecule has 2 rings (SSSR count). The van der Waals surface area contributed by atoms with E-state index in [4.69, 9.17) is 16.0 Å². The molecule has 24 heavy (non-hydrogen) atoms. The van der Waals surface area contributed by atoms with Crippen LogP contribution in [0.1, 0.15) is 23.0 Å². The fourth-order valence-corrected chi connectivity index (χ4v) is 2.80. The van der Waals surface area contributed by atoms with Gasteiger partial charge in [-0.1, -0.05) is 11.6 Å². The molecule has 1 heterocycles. The predicted octanol–water partition coefficient (Wildman–Crippen LogP) is 3.10. The first-order valence-electron chi connectivity index (χ1n) is 7.50. The molecule has 0 bridgehead atoms. The summed E-state index contributed by atoms with van der Waals surface area (Å²) < 4.78 is 5.23. The molecule has 0 aliphatic carbocycles. The van der Waals surface area contributed by atoms with Crippen molar-refractivity contribution in [2.24, 2.45) is 0 Å². The third kappa shape index (κ3) is 5.94. The van der Waals surface area contributed by atoms with Crippen LogP contribution in [0, 0.1) is 0 Å². The third-order valence-corrected chi connectivity index (χ3v) is 4.45. The third-order valence-electron chi connectivity index (χ3n) is 3.22.